The summed E-state index contributed by atoms with van der Waals surface area (Å²) in [5.74, 6) is 0.0418. The molecule has 0 bridgehead atoms. The summed E-state index contributed by atoms with van der Waals surface area (Å²) < 4.78 is 35.3. The molecular formula is C20H16F2N4O2. The van der Waals surface area contributed by atoms with Crippen molar-refractivity contribution < 1.29 is 18.3 Å². The fraction of sp³-hybridized carbons (Fsp3) is 0.150. The molecular weight excluding hydrogens is 366 g/mol. The van der Waals surface area contributed by atoms with Crippen molar-refractivity contribution in [3.8, 4) is 16.9 Å². The molecule has 0 spiro atoms. The van der Waals surface area contributed by atoms with Crippen molar-refractivity contribution in [1.82, 2.24) is 9.97 Å². The number of ether oxygens (including phenoxy) is 2. The quantitative estimate of drug-likeness (QED) is 0.732. The Kier molecular flexibility index (Phi) is 4.60. The first-order valence-electron chi connectivity index (χ1n) is 8.46. The monoisotopic (exact) mass is 382 g/mol. The number of alkyl halides is 2. The molecule has 3 aromatic rings. The van der Waals surface area contributed by atoms with Gasteiger partial charge in [-0.3, -0.25) is 0 Å². The van der Waals surface area contributed by atoms with Gasteiger partial charge < -0.3 is 15.2 Å². The second kappa shape index (κ2) is 7.22. The van der Waals surface area contributed by atoms with E-state index in [2.05, 4.69) is 19.7 Å². The Morgan fingerprint density at radius 1 is 1.00 bits per heavy atom. The van der Waals surface area contributed by atoms with Gasteiger partial charge in [-0.05, 0) is 34.9 Å². The first-order valence-corrected chi connectivity index (χ1v) is 8.46. The first kappa shape index (κ1) is 17.8. The van der Waals surface area contributed by atoms with Crippen LogP contribution in [0.4, 0.5) is 8.78 Å². The highest BCUT2D eigenvalue weighted by molar-refractivity contribution is 5.75. The van der Waals surface area contributed by atoms with E-state index in [1.54, 1.807) is 24.5 Å². The van der Waals surface area contributed by atoms with E-state index in [0.29, 0.717) is 5.56 Å². The van der Waals surface area contributed by atoms with Crippen LogP contribution in [0, 0.1) is 0 Å². The van der Waals surface area contributed by atoms with Crippen LogP contribution in [0.15, 0.2) is 72.2 Å². The fourth-order valence-electron chi connectivity index (χ4n) is 3.23. The normalized spacial score (nSPS) is 18.6. The van der Waals surface area contributed by atoms with Crippen LogP contribution >= 0.6 is 0 Å². The van der Waals surface area contributed by atoms with Gasteiger partial charge in [0.2, 0.25) is 0 Å². The predicted octanol–water partition coefficient (Wildman–Crippen LogP) is 3.33. The van der Waals surface area contributed by atoms with E-state index in [9.17, 15) is 8.78 Å². The van der Waals surface area contributed by atoms with E-state index >= 15 is 0 Å². The zero-order chi connectivity index (χ0) is 19.6. The lowest BCUT2D eigenvalue weighted by molar-refractivity contribution is -0.0499. The number of hydrogen-bond acceptors (Lipinski definition) is 6. The van der Waals surface area contributed by atoms with Gasteiger partial charge in [-0.15, -0.1) is 0 Å². The summed E-state index contributed by atoms with van der Waals surface area (Å²) >= 11 is 0. The van der Waals surface area contributed by atoms with E-state index in [1.807, 2.05) is 24.3 Å². The third kappa shape index (κ3) is 3.36. The first-order chi connectivity index (χ1) is 13.6. The molecule has 142 valence electrons. The maximum Gasteiger partial charge on any atom is 0.387 e. The smallest absolute Gasteiger partial charge is 0.387 e. The third-order valence-corrected chi connectivity index (χ3v) is 4.50. The number of nitrogens with zero attached hydrogens (tertiary/aromatic N) is 3. The molecule has 4 rings (SSSR count). The number of halogens is 2. The highest BCUT2D eigenvalue weighted by Crippen LogP contribution is 2.40. The summed E-state index contributed by atoms with van der Waals surface area (Å²) in [4.78, 5) is 12.6. The molecule has 1 aromatic heterocycles. The number of benzene rings is 2. The molecule has 0 fully saturated rings. The maximum atomic E-state index is 12.6. The minimum Gasteiger partial charge on any atom is -0.462 e. The minimum atomic E-state index is -2.92. The lowest BCUT2D eigenvalue weighted by atomic mass is 9.83. The maximum absolute atomic E-state index is 12.6. The van der Waals surface area contributed by atoms with Gasteiger partial charge in [0.05, 0.1) is 0 Å². The van der Waals surface area contributed by atoms with E-state index in [1.165, 1.54) is 18.5 Å². The summed E-state index contributed by atoms with van der Waals surface area (Å²) in [7, 11) is 0. The van der Waals surface area contributed by atoms with Crippen LogP contribution in [0.25, 0.3) is 11.1 Å². The van der Waals surface area contributed by atoms with Gasteiger partial charge in [0.25, 0.3) is 6.02 Å². The Labute approximate surface area is 159 Å². The molecule has 2 aromatic carbocycles. The highest BCUT2D eigenvalue weighted by atomic mass is 19.3. The lowest BCUT2D eigenvalue weighted by Gasteiger charge is -2.26. The van der Waals surface area contributed by atoms with Gasteiger partial charge in [0.15, 0.2) is 5.54 Å². The molecule has 28 heavy (non-hydrogen) atoms. The number of aliphatic imine (C=N–C) groups is 1. The Morgan fingerprint density at radius 2 is 1.71 bits per heavy atom. The van der Waals surface area contributed by atoms with Gasteiger partial charge >= 0.3 is 6.61 Å². The van der Waals surface area contributed by atoms with Crippen molar-refractivity contribution in [1.29, 1.82) is 0 Å². The number of nitrogens with two attached hydrogens (primary N) is 1. The summed E-state index contributed by atoms with van der Waals surface area (Å²) in [6, 6.07) is 14.1. The summed E-state index contributed by atoms with van der Waals surface area (Å²) in [5, 5.41) is 0. The van der Waals surface area contributed by atoms with Gasteiger partial charge in [0.1, 0.15) is 18.7 Å². The van der Waals surface area contributed by atoms with Crippen LogP contribution in [-0.2, 0) is 10.3 Å². The Morgan fingerprint density at radius 3 is 2.39 bits per heavy atom. The molecule has 1 unspecified atom stereocenters. The second-order valence-electron chi connectivity index (χ2n) is 6.21. The number of rotatable bonds is 5. The number of hydrogen-bond donors (Lipinski definition) is 1. The molecule has 0 aliphatic carbocycles. The molecule has 6 nitrogen and oxygen atoms in total. The average molecular weight is 382 g/mol. The molecule has 1 aliphatic rings. The number of aromatic nitrogens is 2. The molecule has 8 heteroatoms. The topological polar surface area (TPSA) is 82.6 Å². The van der Waals surface area contributed by atoms with Crippen molar-refractivity contribution in [3.63, 3.8) is 0 Å². The van der Waals surface area contributed by atoms with E-state index in [4.69, 9.17) is 10.5 Å². The Hall–Kier alpha value is -3.55. The molecule has 0 amide bonds. The van der Waals surface area contributed by atoms with Crippen molar-refractivity contribution in [2.45, 2.75) is 12.2 Å². The molecule has 2 N–H and O–H groups in total. The van der Waals surface area contributed by atoms with Crippen LogP contribution in [0.3, 0.4) is 0 Å². The van der Waals surface area contributed by atoms with Crippen LogP contribution in [-0.4, -0.2) is 29.2 Å². The SMILES string of the molecule is NC1=NC(c2cccc(OC(F)F)c2)(c2cccc(-c3cncnc3)c2)CO1. The highest BCUT2D eigenvalue weighted by Gasteiger charge is 2.40. The molecule has 1 aliphatic heterocycles. The van der Waals surface area contributed by atoms with Gasteiger partial charge in [-0.2, -0.15) is 8.78 Å². The summed E-state index contributed by atoms with van der Waals surface area (Å²) in [5.41, 5.74) is 7.99. The predicted molar refractivity (Wildman–Crippen MR) is 98.9 cm³/mol. The Bertz CT molecular complexity index is 1010. The summed E-state index contributed by atoms with van der Waals surface area (Å²) in [6.07, 6.45) is 4.87. The average Bonchev–Trinajstić information content (AvgIpc) is 3.12. The van der Waals surface area contributed by atoms with Crippen LogP contribution in [0.5, 0.6) is 5.75 Å². The molecule has 1 atom stereocenters. The van der Waals surface area contributed by atoms with Gasteiger partial charge in [-0.1, -0.05) is 30.3 Å². The standard InChI is InChI=1S/C20H16F2N4O2/c21-18(22)28-17-6-2-5-16(8-17)20(11-27-19(23)26-20)15-4-1-3-13(7-15)14-9-24-12-25-10-14/h1-10,12,18H,11H2,(H2,23,26). The summed E-state index contributed by atoms with van der Waals surface area (Å²) in [6.45, 7) is -2.77. The largest absolute Gasteiger partial charge is 0.462 e. The number of amidine groups is 1. The Balaban J connectivity index is 1.82. The van der Waals surface area contributed by atoms with Gasteiger partial charge in [-0.25, -0.2) is 15.0 Å². The molecule has 0 saturated carbocycles. The zero-order valence-electron chi connectivity index (χ0n) is 14.6. The van der Waals surface area contributed by atoms with Crippen molar-refractivity contribution in [3.05, 3.63) is 78.4 Å². The van der Waals surface area contributed by atoms with Crippen LogP contribution in [0.1, 0.15) is 11.1 Å². The second-order valence-corrected chi connectivity index (χ2v) is 6.21. The van der Waals surface area contributed by atoms with Crippen LogP contribution < -0.4 is 10.5 Å². The molecule has 0 radical (unpaired) electrons. The van der Waals surface area contributed by atoms with Crippen molar-refractivity contribution >= 4 is 6.02 Å². The lowest BCUT2D eigenvalue weighted by Crippen LogP contribution is -2.27. The zero-order valence-corrected chi connectivity index (χ0v) is 14.6. The van der Waals surface area contributed by atoms with E-state index in [0.717, 1.165) is 16.7 Å². The van der Waals surface area contributed by atoms with Crippen molar-refractivity contribution in [2.75, 3.05) is 6.61 Å². The molecule has 0 saturated heterocycles. The third-order valence-electron chi connectivity index (χ3n) is 4.50. The van der Waals surface area contributed by atoms with Crippen LogP contribution in [0.2, 0.25) is 0 Å². The van der Waals surface area contributed by atoms with E-state index < -0.39 is 12.2 Å². The minimum absolute atomic E-state index is 0.0358. The van der Waals surface area contributed by atoms with Crippen molar-refractivity contribution in [2.24, 2.45) is 10.7 Å². The molecule has 2 heterocycles. The van der Waals surface area contributed by atoms with Gasteiger partial charge in [0, 0.05) is 18.0 Å². The fourth-order valence-corrected chi connectivity index (χ4v) is 3.23. The van der Waals surface area contributed by atoms with E-state index in [-0.39, 0.29) is 18.4 Å².